The van der Waals surface area contributed by atoms with Gasteiger partial charge in [0.2, 0.25) is 5.13 Å². The summed E-state index contributed by atoms with van der Waals surface area (Å²) in [5.74, 6) is 0. The average molecular weight is 617 g/mol. The summed E-state index contributed by atoms with van der Waals surface area (Å²) in [6.07, 6.45) is 1.87. The van der Waals surface area contributed by atoms with Crippen LogP contribution in [0.15, 0.2) is 54.6 Å². The molecule has 29 heavy (non-hydrogen) atoms. The number of nitrogens with zero attached hydrogens (tertiary/aromatic N) is 4. The fraction of sp³-hybridized carbons (Fsp3) is 0.286. The van der Waals surface area contributed by atoms with Crippen molar-refractivity contribution >= 4 is 28.2 Å². The predicted octanol–water partition coefficient (Wildman–Crippen LogP) is 4.79. The smallest absolute Gasteiger partial charge is 0.323 e. The molecule has 8 heteroatoms. The maximum absolute atomic E-state index is 12.7. The fourth-order valence-electron chi connectivity index (χ4n) is 4.09. The van der Waals surface area contributed by atoms with Crippen LogP contribution in [-0.2, 0) is 5.41 Å². The van der Waals surface area contributed by atoms with Crippen molar-refractivity contribution in [1.82, 2.24) is 15.1 Å². The SMILES string of the molecule is O=C(Nc1nnc(-c2ccccc2)s1)N1CCC2(CC1)C[N-]c1ccccc12.[Ac]. The molecule has 0 atom stereocenters. The van der Waals surface area contributed by atoms with Crippen LogP contribution in [0, 0.1) is 44.1 Å². The summed E-state index contributed by atoms with van der Waals surface area (Å²) in [4.78, 5) is 14.6. The number of para-hydroxylation sites is 1. The molecule has 6 nitrogen and oxygen atoms in total. The van der Waals surface area contributed by atoms with Crippen LogP contribution in [0.4, 0.5) is 15.6 Å². The van der Waals surface area contributed by atoms with Crippen molar-refractivity contribution in [1.29, 1.82) is 0 Å². The molecule has 1 saturated heterocycles. The Labute approximate surface area is 209 Å². The molecule has 1 fully saturated rings. The first kappa shape index (κ1) is 20.8. The maximum atomic E-state index is 12.7. The number of amides is 2. The summed E-state index contributed by atoms with van der Waals surface area (Å²) >= 11 is 1.39. The van der Waals surface area contributed by atoms with E-state index in [1.54, 1.807) is 0 Å². The molecule has 3 heterocycles. The van der Waals surface area contributed by atoms with E-state index in [1.165, 1.54) is 16.9 Å². The molecule has 1 N–H and O–H groups in total. The number of urea groups is 1. The molecule has 3 aromatic rings. The second kappa shape index (κ2) is 8.71. The van der Waals surface area contributed by atoms with Gasteiger partial charge in [-0.2, -0.15) is 0 Å². The monoisotopic (exact) mass is 617 g/mol. The van der Waals surface area contributed by atoms with E-state index in [9.17, 15) is 4.79 Å². The summed E-state index contributed by atoms with van der Waals surface area (Å²) in [6, 6.07) is 18.2. The third-order valence-electron chi connectivity index (χ3n) is 5.69. The fourth-order valence-corrected chi connectivity index (χ4v) is 4.83. The van der Waals surface area contributed by atoms with Crippen LogP contribution < -0.4 is 5.32 Å². The third kappa shape index (κ3) is 4.08. The molecule has 1 aromatic heterocycles. The van der Waals surface area contributed by atoms with Crippen molar-refractivity contribution in [3.63, 3.8) is 0 Å². The Morgan fingerprint density at radius 3 is 2.55 bits per heavy atom. The van der Waals surface area contributed by atoms with E-state index in [0.29, 0.717) is 5.13 Å². The zero-order valence-corrected chi connectivity index (χ0v) is 21.5. The van der Waals surface area contributed by atoms with Crippen LogP contribution >= 0.6 is 11.3 Å². The summed E-state index contributed by atoms with van der Waals surface area (Å²) in [6.45, 7) is 2.28. The van der Waals surface area contributed by atoms with Crippen molar-refractivity contribution in [3.8, 4) is 10.6 Å². The Balaban J connectivity index is 0.00000205. The molecule has 0 aliphatic carbocycles. The first-order valence-electron chi connectivity index (χ1n) is 9.45. The number of fused-ring (bicyclic) bond motifs is 2. The van der Waals surface area contributed by atoms with Gasteiger partial charge in [-0.05, 0) is 18.3 Å². The van der Waals surface area contributed by atoms with E-state index in [1.807, 2.05) is 41.3 Å². The van der Waals surface area contributed by atoms with Crippen molar-refractivity contribution in [2.75, 3.05) is 25.0 Å². The van der Waals surface area contributed by atoms with E-state index in [4.69, 9.17) is 5.32 Å². The largest absolute Gasteiger partial charge is 0.683 e. The topological polar surface area (TPSA) is 72.2 Å². The van der Waals surface area contributed by atoms with Gasteiger partial charge in [0, 0.05) is 62.7 Å². The number of carbonyl (C=O) groups excluding carboxylic acids is 1. The van der Waals surface area contributed by atoms with E-state index in [2.05, 4.69) is 33.7 Å². The van der Waals surface area contributed by atoms with Crippen LogP contribution in [0.2, 0.25) is 0 Å². The number of likely N-dealkylation sites (tertiary alicyclic amines) is 1. The number of anilines is 1. The average Bonchev–Trinajstić information content (AvgIpc) is 3.35. The zero-order chi connectivity index (χ0) is 19.0. The molecule has 0 saturated carbocycles. The molecule has 5 rings (SSSR count). The summed E-state index contributed by atoms with van der Waals surface area (Å²) in [5, 5.41) is 17.3. The van der Waals surface area contributed by atoms with Gasteiger partial charge in [-0.25, -0.2) is 4.79 Å². The van der Waals surface area contributed by atoms with Gasteiger partial charge >= 0.3 is 6.03 Å². The van der Waals surface area contributed by atoms with Gasteiger partial charge < -0.3 is 10.2 Å². The predicted molar refractivity (Wildman–Crippen MR) is 111 cm³/mol. The van der Waals surface area contributed by atoms with E-state index in [-0.39, 0.29) is 55.5 Å². The number of aromatic nitrogens is 2. The third-order valence-corrected chi connectivity index (χ3v) is 6.58. The van der Waals surface area contributed by atoms with Gasteiger partial charge in [0.15, 0.2) is 0 Å². The van der Waals surface area contributed by atoms with Crippen LogP contribution in [0.3, 0.4) is 0 Å². The van der Waals surface area contributed by atoms with E-state index < -0.39 is 0 Å². The molecule has 2 aliphatic heterocycles. The van der Waals surface area contributed by atoms with Crippen LogP contribution in [0.5, 0.6) is 0 Å². The Morgan fingerprint density at radius 1 is 1.03 bits per heavy atom. The molecule has 0 bridgehead atoms. The van der Waals surface area contributed by atoms with Gasteiger partial charge in [-0.15, -0.1) is 22.4 Å². The minimum atomic E-state index is -0.103. The van der Waals surface area contributed by atoms with Crippen LogP contribution in [0.25, 0.3) is 15.9 Å². The molecular weight excluding hydrogens is 597 g/mol. The first-order chi connectivity index (χ1) is 13.7. The van der Waals surface area contributed by atoms with Gasteiger partial charge in [0.25, 0.3) is 0 Å². The van der Waals surface area contributed by atoms with Gasteiger partial charge in [-0.3, -0.25) is 5.32 Å². The number of benzene rings is 2. The molecule has 1 radical (unpaired) electrons. The van der Waals surface area contributed by atoms with Crippen LogP contribution in [0.1, 0.15) is 18.4 Å². The summed E-state index contributed by atoms with van der Waals surface area (Å²) in [5.41, 5.74) is 3.55. The Kier molecular flexibility index (Phi) is 6.24. The minimum Gasteiger partial charge on any atom is -0.683 e. The zero-order valence-electron chi connectivity index (χ0n) is 15.9. The maximum Gasteiger partial charge on any atom is 0.323 e. The molecule has 2 aliphatic rings. The number of nitrogens with one attached hydrogen (secondary N) is 1. The Hall–Kier alpha value is -1.49. The Morgan fingerprint density at radius 2 is 1.76 bits per heavy atom. The normalized spacial score (nSPS) is 16.6. The minimum absolute atomic E-state index is 0. The molecule has 1 spiro atoms. The van der Waals surface area contributed by atoms with Gasteiger partial charge in [-0.1, -0.05) is 71.5 Å². The summed E-state index contributed by atoms with van der Waals surface area (Å²) in [7, 11) is 0. The first-order valence-corrected chi connectivity index (χ1v) is 10.3. The molecule has 145 valence electrons. The second-order valence-electron chi connectivity index (χ2n) is 7.31. The van der Waals surface area contributed by atoms with Gasteiger partial charge in [0.1, 0.15) is 5.01 Å². The standard InChI is InChI=1S/C21H20N5OS.Ac/c27-20(23-19-25-24-18(28-19)15-6-2-1-3-7-15)26-12-10-21(11-13-26)14-22-17-9-5-4-8-16(17)21;/h1-9H,10-14H2,(H,23,25,27);/q-1;. The van der Waals surface area contributed by atoms with Crippen molar-refractivity contribution in [2.45, 2.75) is 18.3 Å². The number of rotatable bonds is 2. The van der Waals surface area contributed by atoms with E-state index in [0.717, 1.165) is 48.7 Å². The van der Waals surface area contributed by atoms with Crippen molar-refractivity contribution < 1.29 is 48.9 Å². The second-order valence-corrected chi connectivity index (χ2v) is 8.29. The number of hydrogen-bond acceptors (Lipinski definition) is 4. The molecule has 2 amide bonds. The molecule has 2 aromatic carbocycles. The van der Waals surface area contributed by atoms with Crippen LogP contribution in [-0.4, -0.2) is 40.8 Å². The van der Waals surface area contributed by atoms with E-state index >= 15 is 0 Å². The number of carbonyl (C=O) groups is 1. The number of hydrogen-bond donors (Lipinski definition) is 1. The number of piperidine rings is 1. The molecular formula is C21H20AcN5OS-. The summed E-state index contributed by atoms with van der Waals surface area (Å²) < 4.78 is 0. The van der Waals surface area contributed by atoms with Crippen molar-refractivity contribution in [3.05, 3.63) is 65.5 Å². The molecule has 0 unspecified atom stereocenters. The van der Waals surface area contributed by atoms with Crippen molar-refractivity contribution in [2.24, 2.45) is 0 Å². The van der Waals surface area contributed by atoms with Gasteiger partial charge in [0.05, 0.1) is 0 Å². The quantitative estimate of drug-likeness (QED) is 0.450. The Bertz CT molecular complexity index is 1000.